The first-order chi connectivity index (χ1) is 41.0. The van der Waals surface area contributed by atoms with Crippen LogP contribution in [0.15, 0.2) is 71.5 Å². The van der Waals surface area contributed by atoms with Crippen molar-refractivity contribution in [2.75, 3.05) is 132 Å². The van der Waals surface area contributed by atoms with Crippen molar-refractivity contribution in [2.45, 2.75) is 124 Å². The number of hydrogen-bond donors (Lipinski definition) is 4. The summed E-state index contributed by atoms with van der Waals surface area (Å²) in [5.41, 5.74) is 1.46. The Morgan fingerprint density at radius 2 is 1.44 bits per heavy atom. The molecule has 1 saturated carbocycles. The second kappa shape index (κ2) is 33.7. The molecule has 5 aliphatic rings. The molecule has 5 amide bonds. The molecule has 468 valence electrons. The van der Waals surface area contributed by atoms with Gasteiger partial charge < -0.3 is 40.4 Å². The lowest BCUT2D eigenvalue weighted by Crippen LogP contribution is -2.60. The van der Waals surface area contributed by atoms with Crippen LogP contribution < -0.4 is 21.5 Å². The first-order valence-corrected chi connectivity index (χ1v) is 31.8. The van der Waals surface area contributed by atoms with Gasteiger partial charge in [-0.15, -0.1) is 0 Å². The Kier molecular flexibility index (Phi) is 27.0. The van der Waals surface area contributed by atoms with E-state index in [1.165, 1.54) is 19.0 Å². The monoisotopic (exact) mass is 1180 g/mol. The average molecular weight is 1180 g/mol. The maximum absolute atomic E-state index is 15.1. The van der Waals surface area contributed by atoms with E-state index >= 15 is 4.39 Å². The van der Waals surface area contributed by atoms with Gasteiger partial charge in [-0.2, -0.15) is 5.10 Å². The topological polar surface area (TPSA) is 190 Å². The first-order valence-electron chi connectivity index (χ1n) is 31.8. The summed E-state index contributed by atoms with van der Waals surface area (Å²) < 4.78 is 15.1. The summed E-state index contributed by atoms with van der Waals surface area (Å²) in [7, 11) is 4.19. The number of carbonyl (C=O) groups is 5. The van der Waals surface area contributed by atoms with Crippen LogP contribution in [-0.2, 0) is 20.8 Å². The molecule has 9 rings (SSSR count). The van der Waals surface area contributed by atoms with E-state index in [9.17, 15) is 28.8 Å². The minimum atomic E-state index is -1.09. The highest BCUT2D eigenvalue weighted by Gasteiger charge is 2.37. The Labute approximate surface area is 506 Å². The Morgan fingerprint density at radius 3 is 2.11 bits per heavy atom. The van der Waals surface area contributed by atoms with Crippen LogP contribution in [0.1, 0.15) is 144 Å². The van der Waals surface area contributed by atoms with Crippen LogP contribution in [0.5, 0.6) is 0 Å². The zero-order chi connectivity index (χ0) is 61.6. The fourth-order valence-electron chi connectivity index (χ4n) is 11.7. The second-order valence-corrected chi connectivity index (χ2v) is 23.9. The zero-order valence-corrected chi connectivity index (χ0v) is 53.0. The molecule has 2 unspecified atom stereocenters. The van der Waals surface area contributed by atoms with E-state index in [1.807, 2.05) is 74.9 Å². The Bertz CT molecular complexity index is 2840. The van der Waals surface area contributed by atoms with E-state index in [4.69, 9.17) is 0 Å². The van der Waals surface area contributed by atoms with Gasteiger partial charge in [0.05, 0.1) is 29.7 Å². The number of aromatic nitrogens is 2. The quantitative estimate of drug-likeness (QED) is 0.0735. The maximum Gasteiger partial charge on any atom is 0.272 e. The van der Waals surface area contributed by atoms with Gasteiger partial charge in [0.2, 0.25) is 17.7 Å². The molecule has 85 heavy (non-hydrogen) atoms. The van der Waals surface area contributed by atoms with Crippen LogP contribution in [0.4, 0.5) is 4.39 Å². The number of benzene rings is 3. The molecule has 0 spiro atoms. The molecule has 1 aliphatic carbocycles. The Morgan fingerprint density at radius 1 is 0.765 bits per heavy atom. The largest absolute Gasteiger partial charge is 0.341 e. The van der Waals surface area contributed by atoms with Gasteiger partial charge in [0.25, 0.3) is 17.4 Å². The third kappa shape index (κ3) is 20.0. The van der Waals surface area contributed by atoms with Gasteiger partial charge in [0, 0.05) is 101 Å². The van der Waals surface area contributed by atoms with Gasteiger partial charge >= 0.3 is 0 Å². The Balaban J connectivity index is 0.000000689. The molecular formula is C66H101FN12O6. The normalized spacial score (nSPS) is 18.3. The maximum atomic E-state index is 15.1. The average Bonchev–Trinajstić information content (AvgIpc) is 4.50. The van der Waals surface area contributed by atoms with Crippen molar-refractivity contribution in [1.29, 1.82) is 0 Å². The third-order valence-electron chi connectivity index (χ3n) is 17.1. The number of aromatic amines is 1. The number of nitrogens with zero attached hydrogens (tertiary/aromatic N) is 8. The molecule has 19 heteroatoms. The molecule has 5 heterocycles. The Hall–Kier alpha value is -6.12. The molecule has 3 aromatic carbocycles. The molecule has 18 nitrogen and oxygen atoms in total. The molecule has 0 radical (unpaired) electrons. The lowest BCUT2D eigenvalue weighted by atomic mass is 9.89. The number of likely N-dealkylation sites (tertiary alicyclic amines) is 2. The highest BCUT2D eigenvalue weighted by molar-refractivity contribution is 5.99. The number of fused-ring (bicyclic) bond motifs is 1. The van der Waals surface area contributed by atoms with Gasteiger partial charge in [0.1, 0.15) is 11.4 Å². The summed E-state index contributed by atoms with van der Waals surface area (Å²) in [4.78, 5) is 93.7. The molecule has 4 aromatic rings. The number of carbonyl (C=O) groups excluding carboxylic acids is 5. The van der Waals surface area contributed by atoms with E-state index in [0.717, 1.165) is 102 Å². The molecule has 0 bridgehead atoms. The zero-order valence-electron chi connectivity index (χ0n) is 53.0. The highest BCUT2D eigenvalue weighted by atomic mass is 19.1. The van der Waals surface area contributed by atoms with Crippen molar-refractivity contribution in [3.63, 3.8) is 0 Å². The highest BCUT2D eigenvalue weighted by Crippen LogP contribution is 2.29. The third-order valence-corrected chi connectivity index (χ3v) is 17.1. The smallest absolute Gasteiger partial charge is 0.272 e. The molecule has 4 saturated heterocycles. The molecule has 4 N–H and O–H groups in total. The van der Waals surface area contributed by atoms with Crippen molar-refractivity contribution in [3.8, 4) is 0 Å². The number of hydrogen-bond acceptors (Lipinski definition) is 12. The number of piperidine rings is 2. The van der Waals surface area contributed by atoms with Gasteiger partial charge in [-0.25, -0.2) is 9.49 Å². The van der Waals surface area contributed by atoms with Gasteiger partial charge in [0.15, 0.2) is 0 Å². The van der Waals surface area contributed by atoms with Crippen molar-refractivity contribution >= 4 is 40.3 Å². The summed E-state index contributed by atoms with van der Waals surface area (Å²) in [5, 5.41) is 17.5. The number of amides is 5. The van der Waals surface area contributed by atoms with Crippen molar-refractivity contribution in [2.24, 2.45) is 11.8 Å². The fourth-order valence-corrected chi connectivity index (χ4v) is 11.7. The fraction of sp³-hybridized carbons (Fsp3) is 0.621. The van der Waals surface area contributed by atoms with Gasteiger partial charge in [-0.05, 0) is 159 Å². The van der Waals surface area contributed by atoms with Crippen LogP contribution in [0, 0.1) is 17.7 Å². The van der Waals surface area contributed by atoms with Gasteiger partial charge in [-0.3, -0.25) is 38.6 Å². The summed E-state index contributed by atoms with van der Waals surface area (Å²) >= 11 is 0. The lowest BCUT2D eigenvalue weighted by Gasteiger charge is -2.41. The summed E-state index contributed by atoms with van der Waals surface area (Å²) in [6, 6.07) is 19.7. The van der Waals surface area contributed by atoms with E-state index < -0.39 is 17.3 Å². The SMILES string of the molecule is CC.CC.CC(C)(NC(=O)c1cccc(C2CCCN(C(=O)CNC3CC3)C2)c1)C(=O)N1CCN(CC2CCN(CC(=O)N3CCN(C(=O)c4cc(Cc5n[nH]c(=O)c6ccccc56)ccc4F)CC3)CC2)CC1.CCN(C)CCC(C)CNC. The van der Waals surface area contributed by atoms with Crippen molar-refractivity contribution in [3.05, 3.63) is 111 Å². The number of halogens is 1. The molecule has 2 atom stereocenters. The second-order valence-electron chi connectivity index (χ2n) is 23.9. The standard InChI is InChI=1S/C53H67FN10O6.C9H22N2.2C2H6/c1-53(2,56-49(67)39-8-5-7-38(31-39)40-9-6-18-64(34-40)47(65)32-55-41-13-14-41)52(70)63-23-21-60(22-24-63)33-36-16-19-59(20-17-36)35-48(66)61-25-27-62(28-26-61)51(69)44-29-37(12-15-45(44)54)30-46-42-10-3-4-11-43(42)50(68)58-57-46;1-5-11(4)7-6-9(2)8-10-3;2*1-2/h3-5,7-8,10-12,15,29,31,36,40-41,55H,6,9,13-14,16-28,30,32-35H2,1-2H3,(H,56,67)(H,58,68);9-10H,5-8H2,1-4H3;2*1-2H3. The number of piperazine rings is 2. The predicted molar refractivity (Wildman–Crippen MR) is 337 cm³/mol. The summed E-state index contributed by atoms with van der Waals surface area (Å²) in [6.45, 7) is 28.3. The molecule has 4 aliphatic heterocycles. The molecular weight excluding hydrogens is 1080 g/mol. The summed E-state index contributed by atoms with van der Waals surface area (Å²) in [6.07, 6.45) is 7.71. The van der Waals surface area contributed by atoms with E-state index in [2.05, 4.69) is 61.7 Å². The predicted octanol–water partition coefficient (Wildman–Crippen LogP) is 6.70. The van der Waals surface area contributed by atoms with E-state index in [1.54, 1.807) is 54.0 Å². The number of rotatable bonds is 20. The van der Waals surface area contributed by atoms with E-state index in [-0.39, 0.29) is 40.7 Å². The van der Waals surface area contributed by atoms with Crippen molar-refractivity contribution < 1.29 is 28.4 Å². The van der Waals surface area contributed by atoms with Crippen LogP contribution in [0.3, 0.4) is 0 Å². The molecule has 1 aromatic heterocycles. The lowest BCUT2D eigenvalue weighted by molar-refractivity contribution is -0.138. The van der Waals surface area contributed by atoms with Crippen LogP contribution in [0.25, 0.3) is 10.8 Å². The molecule has 5 fully saturated rings. The van der Waals surface area contributed by atoms with E-state index in [0.29, 0.717) is 105 Å². The minimum absolute atomic E-state index is 0.0254. The van der Waals surface area contributed by atoms with Crippen LogP contribution in [-0.4, -0.2) is 218 Å². The van der Waals surface area contributed by atoms with Gasteiger partial charge in [-0.1, -0.05) is 77.9 Å². The van der Waals surface area contributed by atoms with Crippen LogP contribution >= 0.6 is 0 Å². The number of H-pyrrole nitrogens is 1. The first kappa shape index (κ1) is 68.0. The van der Waals surface area contributed by atoms with Crippen molar-refractivity contribution in [1.82, 2.24) is 60.4 Å². The summed E-state index contributed by atoms with van der Waals surface area (Å²) in [5.74, 6) is 0.198. The minimum Gasteiger partial charge on any atom is -0.341 e. The van der Waals surface area contributed by atoms with Crippen LogP contribution in [0.2, 0.25) is 0 Å². The number of nitrogens with one attached hydrogen (secondary N) is 4.